The molecule has 1 amide bonds. The van der Waals surface area contributed by atoms with Crippen molar-refractivity contribution in [1.29, 1.82) is 0 Å². The van der Waals surface area contributed by atoms with Gasteiger partial charge < -0.3 is 24.6 Å². The number of aliphatic imine (C=N–C) groups is 1. The first-order chi connectivity index (χ1) is 20.5. The Hall–Kier alpha value is -3.36. The highest BCUT2D eigenvalue weighted by molar-refractivity contribution is 9.10. The zero-order valence-electron chi connectivity index (χ0n) is 24.1. The Labute approximate surface area is 256 Å². The Balaban J connectivity index is 1.54. The van der Waals surface area contributed by atoms with Crippen molar-refractivity contribution in [2.75, 3.05) is 26.9 Å². The number of carbonyl (C=O) groups excluding carboxylic acids is 1. The maximum atomic E-state index is 14.5. The molecule has 0 aromatic heterocycles. The zero-order valence-corrected chi connectivity index (χ0v) is 25.6. The van der Waals surface area contributed by atoms with Gasteiger partial charge in [0.15, 0.2) is 11.6 Å². The molecule has 0 unspecified atom stereocenters. The van der Waals surface area contributed by atoms with Crippen LogP contribution in [0.3, 0.4) is 0 Å². The number of carbonyl (C=O) groups is 1. The van der Waals surface area contributed by atoms with Gasteiger partial charge in [0, 0.05) is 36.0 Å². The number of nitrogens with zero attached hydrogens (tertiary/aromatic N) is 1. The summed E-state index contributed by atoms with van der Waals surface area (Å²) in [6, 6.07) is 23.1. The van der Waals surface area contributed by atoms with Crippen LogP contribution in [0.4, 0.5) is 0 Å². The van der Waals surface area contributed by atoms with Gasteiger partial charge in [0.05, 0.1) is 13.7 Å². The predicted octanol–water partition coefficient (Wildman–Crippen LogP) is 6.42. The van der Waals surface area contributed by atoms with Gasteiger partial charge in [-0.1, -0.05) is 65.5 Å². The normalized spacial score (nSPS) is 20.5. The minimum Gasteiger partial charge on any atom is -0.497 e. The van der Waals surface area contributed by atoms with Crippen LogP contribution < -0.4 is 14.8 Å². The molecule has 0 saturated heterocycles. The van der Waals surface area contributed by atoms with E-state index in [9.17, 15) is 4.79 Å². The van der Waals surface area contributed by atoms with Crippen LogP contribution in [0.15, 0.2) is 82.3 Å². The van der Waals surface area contributed by atoms with Crippen LogP contribution in [0.5, 0.6) is 11.5 Å². The third kappa shape index (κ3) is 6.98. The molecule has 1 fully saturated rings. The van der Waals surface area contributed by atoms with E-state index in [4.69, 9.17) is 24.3 Å². The summed E-state index contributed by atoms with van der Waals surface area (Å²) in [5.41, 5.74) is 1.29. The average Bonchev–Trinajstić information content (AvgIpc) is 3.42. The van der Waals surface area contributed by atoms with Crippen LogP contribution in [0, 0.1) is 5.92 Å². The van der Waals surface area contributed by atoms with Crippen molar-refractivity contribution < 1.29 is 24.1 Å². The standard InChI is InChI=1S/C34H39BrN2O5/c1-40-29-13-7-12-26(21-29)31-34(22-27-11-5-6-14-30(27)35,33(39)36-23-24-9-3-2-4-10-24)37-32(42-31)25-15-17-28(18-16-25)41-20-8-19-38/h5-7,11-18,21,24,31,38H,2-4,8-10,19-20,22-23H2,1H3,(H,36,39)/t31-,34-/m1/s1. The van der Waals surface area contributed by atoms with E-state index < -0.39 is 11.6 Å². The topological polar surface area (TPSA) is 89.4 Å². The second kappa shape index (κ2) is 14.2. The molecule has 8 heteroatoms. The van der Waals surface area contributed by atoms with Gasteiger partial charge in [0.2, 0.25) is 5.90 Å². The van der Waals surface area contributed by atoms with Crippen LogP contribution in [0.1, 0.15) is 61.3 Å². The van der Waals surface area contributed by atoms with Gasteiger partial charge in [-0.2, -0.15) is 0 Å². The van der Waals surface area contributed by atoms with Crippen molar-refractivity contribution >= 4 is 27.7 Å². The lowest BCUT2D eigenvalue weighted by Gasteiger charge is -2.32. The molecular formula is C34H39BrN2O5. The van der Waals surface area contributed by atoms with Gasteiger partial charge >= 0.3 is 0 Å². The van der Waals surface area contributed by atoms with Crippen molar-refractivity contribution in [2.45, 2.75) is 56.6 Å². The summed E-state index contributed by atoms with van der Waals surface area (Å²) in [5.74, 6) is 2.12. The number of benzene rings is 3. The molecule has 1 saturated carbocycles. The van der Waals surface area contributed by atoms with Gasteiger partial charge in [-0.15, -0.1) is 0 Å². The van der Waals surface area contributed by atoms with Gasteiger partial charge in [-0.05, 0) is 72.4 Å². The smallest absolute Gasteiger partial charge is 0.252 e. The van der Waals surface area contributed by atoms with Crippen molar-refractivity contribution in [3.8, 4) is 11.5 Å². The molecule has 7 nitrogen and oxygen atoms in total. The Morgan fingerprint density at radius 1 is 1.05 bits per heavy atom. The number of amides is 1. The van der Waals surface area contributed by atoms with Gasteiger partial charge in [-0.3, -0.25) is 4.79 Å². The summed E-state index contributed by atoms with van der Waals surface area (Å²) in [5, 5.41) is 12.4. The third-order valence-electron chi connectivity index (χ3n) is 8.12. The first-order valence-electron chi connectivity index (χ1n) is 14.8. The fraction of sp³-hybridized carbons (Fsp3) is 0.412. The maximum absolute atomic E-state index is 14.5. The van der Waals surface area contributed by atoms with Crippen LogP contribution in [-0.2, 0) is 16.0 Å². The predicted molar refractivity (Wildman–Crippen MR) is 167 cm³/mol. The Morgan fingerprint density at radius 2 is 1.83 bits per heavy atom. The summed E-state index contributed by atoms with van der Waals surface area (Å²) >= 11 is 3.70. The van der Waals surface area contributed by atoms with Crippen molar-refractivity contribution in [1.82, 2.24) is 5.32 Å². The first-order valence-corrected chi connectivity index (χ1v) is 15.6. The molecule has 0 radical (unpaired) electrons. The molecule has 3 aromatic rings. The van der Waals surface area contributed by atoms with E-state index in [0.29, 0.717) is 49.3 Å². The highest BCUT2D eigenvalue weighted by atomic mass is 79.9. The number of nitrogens with one attached hydrogen (secondary N) is 1. The van der Waals surface area contributed by atoms with Crippen LogP contribution in [-0.4, -0.2) is 49.3 Å². The summed E-state index contributed by atoms with van der Waals surface area (Å²) in [6.45, 7) is 1.14. The Morgan fingerprint density at radius 3 is 2.57 bits per heavy atom. The summed E-state index contributed by atoms with van der Waals surface area (Å²) in [4.78, 5) is 19.6. The van der Waals surface area contributed by atoms with E-state index in [1.54, 1.807) is 7.11 Å². The molecular weight excluding hydrogens is 596 g/mol. The minimum absolute atomic E-state index is 0.0802. The van der Waals surface area contributed by atoms with Crippen LogP contribution in [0.25, 0.3) is 0 Å². The molecule has 1 heterocycles. The fourth-order valence-corrected chi connectivity index (χ4v) is 6.23. The maximum Gasteiger partial charge on any atom is 0.252 e. The number of aliphatic hydroxyl groups excluding tert-OH is 1. The van der Waals surface area contributed by atoms with E-state index in [-0.39, 0.29) is 12.5 Å². The first kappa shape index (κ1) is 30.1. The lowest BCUT2D eigenvalue weighted by Crippen LogP contribution is -2.51. The number of hydrogen-bond donors (Lipinski definition) is 2. The highest BCUT2D eigenvalue weighted by Gasteiger charge is 2.53. The van der Waals surface area contributed by atoms with Gasteiger partial charge in [-0.25, -0.2) is 4.99 Å². The number of methoxy groups -OCH3 is 1. The van der Waals surface area contributed by atoms with Gasteiger partial charge in [0.1, 0.15) is 11.5 Å². The quantitative estimate of drug-likeness (QED) is 0.225. The largest absolute Gasteiger partial charge is 0.497 e. The second-order valence-electron chi connectivity index (χ2n) is 11.0. The van der Waals surface area contributed by atoms with Crippen LogP contribution >= 0.6 is 15.9 Å². The number of halogens is 1. The lowest BCUT2D eigenvalue weighted by atomic mass is 9.81. The molecule has 2 aliphatic rings. The lowest BCUT2D eigenvalue weighted by molar-refractivity contribution is -0.129. The Kier molecular flexibility index (Phi) is 10.2. The molecule has 2 N–H and O–H groups in total. The Bertz CT molecular complexity index is 1370. The molecule has 1 aliphatic heterocycles. The monoisotopic (exact) mass is 634 g/mol. The number of hydrogen-bond acceptors (Lipinski definition) is 6. The van der Waals surface area contributed by atoms with E-state index in [0.717, 1.165) is 34.0 Å². The third-order valence-corrected chi connectivity index (χ3v) is 8.89. The zero-order chi connectivity index (χ0) is 29.4. The molecule has 5 rings (SSSR count). The second-order valence-corrected chi connectivity index (χ2v) is 11.9. The average molecular weight is 636 g/mol. The summed E-state index contributed by atoms with van der Waals surface area (Å²) in [7, 11) is 1.63. The minimum atomic E-state index is -1.25. The van der Waals surface area contributed by atoms with Crippen LogP contribution in [0.2, 0.25) is 0 Å². The summed E-state index contributed by atoms with van der Waals surface area (Å²) in [6.07, 6.45) is 6.18. The number of aliphatic hydroxyl groups is 1. The van der Waals surface area contributed by atoms with E-state index in [2.05, 4.69) is 21.2 Å². The van der Waals surface area contributed by atoms with Crippen molar-refractivity contribution in [2.24, 2.45) is 10.9 Å². The van der Waals surface area contributed by atoms with E-state index in [1.165, 1.54) is 19.3 Å². The molecule has 2 atom stereocenters. The molecule has 1 aliphatic carbocycles. The molecule has 0 spiro atoms. The molecule has 3 aromatic carbocycles. The summed E-state index contributed by atoms with van der Waals surface area (Å²) < 4.78 is 18.8. The van der Waals surface area contributed by atoms with Crippen molar-refractivity contribution in [3.05, 3.63) is 94.0 Å². The van der Waals surface area contributed by atoms with Crippen molar-refractivity contribution in [3.63, 3.8) is 0 Å². The highest BCUT2D eigenvalue weighted by Crippen LogP contribution is 2.44. The van der Waals surface area contributed by atoms with E-state index in [1.807, 2.05) is 72.8 Å². The number of rotatable bonds is 12. The molecule has 0 bridgehead atoms. The van der Waals surface area contributed by atoms with E-state index >= 15 is 0 Å². The number of ether oxygens (including phenoxy) is 3. The molecule has 222 valence electrons. The SMILES string of the molecule is COc1cccc([C@H]2OC(c3ccc(OCCCO)cc3)=N[C@@]2(Cc2ccccc2Br)C(=O)NCC2CCCCC2)c1. The fourth-order valence-electron chi connectivity index (χ4n) is 5.80. The van der Waals surface area contributed by atoms with Gasteiger partial charge in [0.25, 0.3) is 5.91 Å². The molecule has 42 heavy (non-hydrogen) atoms.